The molecule has 12 heavy (non-hydrogen) atoms. The molecule has 0 aliphatic rings. The van der Waals surface area contributed by atoms with Crippen LogP contribution in [0.3, 0.4) is 0 Å². The molecule has 1 aromatic carbocycles. The molecule has 0 fully saturated rings. The quantitative estimate of drug-likeness (QED) is 0.265. The molecule has 1 aromatic rings. The van der Waals surface area contributed by atoms with Crippen LogP contribution in [0.5, 0.6) is 0 Å². The van der Waals surface area contributed by atoms with E-state index in [0.717, 1.165) is 5.56 Å². The van der Waals surface area contributed by atoms with Gasteiger partial charge in [-0.1, -0.05) is 30.9 Å². The van der Waals surface area contributed by atoms with E-state index in [9.17, 15) is 4.55 Å². The van der Waals surface area contributed by atoms with Crippen molar-refractivity contribution in [3.8, 4) is 0 Å². The van der Waals surface area contributed by atoms with Gasteiger partial charge < -0.3 is 16.2 Å². The Balaban J connectivity index is 0.00000121. The van der Waals surface area contributed by atoms with E-state index < -0.39 is 10.2 Å². The number of hydrogen-bond acceptors (Lipinski definition) is 2. The SMILES string of the molecule is C=Cc1ccccc1[S+]([O-])[S-].[Na+]. The predicted octanol–water partition coefficient (Wildman–Crippen LogP) is -1.10. The van der Waals surface area contributed by atoms with E-state index in [4.69, 9.17) is 0 Å². The van der Waals surface area contributed by atoms with Gasteiger partial charge in [0.1, 0.15) is 4.90 Å². The Bertz CT molecular complexity index is 263. The molecule has 0 amide bonds. The number of hydrogen-bond donors (Lipinski definition) is 0. The van der Waals surface area contributed by atoms with Crippen molar-refractivity contribution in [2.24, 2.45) is 0 Å². The van der Waals surface area contributed by atoms with E-state index in [0.29, 0.717) is 4.90 Å². The summed E-state index contributed by atoms with van der Waals surface area (Å²) in [6.45, 7) is 3.59. The molecule has 1 rings (SSSR count). The van der Waals surface area contributed by atoms with Crippen molar-refractivity contribution in [2.75, 3.05) is 0 Å². The summed E-state index contributed by atoms with van der Waals surface area (Å²) in [4.78, 5) is 0.664. The summed E-state index contributed by atoms with van der Waals surface area (Å²) in [7, 11) is -1.33. The molecular weight excluding hydrogens is 199 g/mol. The molecule has 0 aliphatic carbocycles. The summed E-state index contributed by atoms with van der Waals surface area (Å²) in [5.41, 5.74) is 0.848. The maximum Gasteiger partial charge on any atom is 1.00 e. The van der Waals surface area contributed by atoms with E-state index in [1.54, 1.807) is 12.1 Å². The van der Waals surface area contributed by atoms with Gasteiger partial charge in [0.15, 0.2) is 0 Å². The van der Waals surface area contributed by atoms with Crippen LogP contribution in [0, 0.1) is 0 Å². The minimum absolute atomic E-state index is 0. The molecule has 1 atom stereocenters. The predicted molar refractivity (Wildman–Crippen MR) is 50.3 cm³/mol. The number of rotatable bonds is 2. The molecule has 58 valence electrons. The smallest absolute Gasteiger partial charge is 0.630 e. The van der Waals surface area contributed by atoms with Gasteiger partial charge in [0.05, 0.1) is 0 Å². The van der Waals surface area contributed by atoms with E-state index in [1.807, 2.05) is 18.2 Å². The zero-order valence-electron chi connectivity index (χ0n) is 6.82. The average Bonchev–Trinajstić information content (AvgIpc) is 2.04. The molecule has 0 spiro atoms. The van der Waals surface area contributed by atoms with Crippen LogP contribution in [0.4, 0.5) is 0 Å². The first-order chi connectivity index (χ1) is 5.25. The monoisotopic (exact) mass is 206 g/mol. The Kier molecular flexibility index (Phi) is 6.45. The van der Waals surface area contributed by atoms with Gasteiger partial charge in [-0.15, -0.1) is 0 Å². The van der Waals surface area contributed by atoms with Gasteiger partial charge in [-0.3, -0.25) is 0 Å². The summed E-state index contributed by atoms with van der Waals surface area (Å²) < 4.78 is 10.9. The Morgan fingerprint density at radius 2 is 2.00 bits per heavy atom. The fraction of sp³-hybridized carbons (Fsp3) is 0. The van der Waals surface area contributed by atoms with Crippen molar-refractivity contribution in [3.63, 3.8) is 0 Å². The molecule has 0 N–H and O–H groups in total. The largest absolute Gasteiger partial charge is 1.00 e. The maximum atomic E-state index is 10.9. The Morgan fingerprint density at radius 1 is 1.42 bits per heavy atom. The van der Waals surface area contributed by atoms with Crippen LogP contribution >= 0.6 is 0 Å². The minimum atomic E-state index is -1.33. The molecular formula is C8H7NaOS2. The van der Waals surface area contributed by atoms with Crippen molar-refractivity contribution in [2.45, 2.75) is 4.90 Å². The summed E-state index contributed by atoms with van der Waals surface area (Å²) in [6.07, 6.45) is 1.65. The standard InChI is InChI=1S/C8H8OS2.Na/c1-2-7-5-3-4-6-8(7)11(9)10;/h2-6H,1H2,(H,9,10);/q;+1/p-1. The fourth-order valence-electron chi connectivity index (χ4n) is 0.801. The van der Waals surface area contributed by atoms with Gasteiger partial charge >= 0.3 is 29.6 Å². The number of benzene rings is 1. The maximum absolute atomic E-state index is 10.9. The van der Waals surface area contributed by atoms with Gasteiger partial charge in [-0.25, -0.2) is 0 Å². The third kappa shape index (κ3) is 3.17. The Labute approximate surface area is 103 Å². The fourth-order valence-corrected chi connectivity index (χ4v) is 1.79. The van der Waals surface area contributed by atoms with Crippen molar-refractivity contribution in [1.82, 2.24) is 0 Å². The minimum Gasteiger partial charge on any atom is -0.630 e. The third-order valence-electron chi connectivity index (χ3n) is 1.32. The first-order valence-corrected chi connectivity index (χ1v) is 5.14. The molecule has 0 saturated heterocycles. The van der Waals surface area contributed by atoms with Crippen LogP contribution in [0.1, 0.15) is 5.56 Å². The summed E-state index contributed by atoms with van der Waals surface area (Å²) in [6, 6.07) is 7.27. The second-order valence-corrected chi connectivity index (χ2v) is 3.79. The second-order valence-electron chi connectivity index (χ2n) is 1.98. The van der Waals surface area contributed by atoms with Crippen LogP contribution in [-0.4, -0.2) is 4.55 Å². The zero-order valence-corrected chi connectivity index (χ0v) is 10.5. The van der Waals surface area contributed by atoms with Crippen LogP contribution in [-0.2, 0) is 21.9 Å². The molecule has 0 bridgehead atoms. The van der Waals surface area contributed by atoms with Gasteiger partial charge in [0.25, 0.3) is 0 Å². The normalized spacial score (nSPS) is 11.5. The molecule has 4 heteroatoms. The van der Waals surface area contributed by atoms with E-state index >= 15 is 0 Å². The first kappa shape index (κ1) is 12.6. The molecule has 1 nitrogen and oxygen atoms in total. The van der Waals surface area contributed by atoms with Gasteiger partial charge in [0, 0.05) is 5.56 Å². The summed E-state index contributed by atoms with van der Waals surface area (Å²) in [5, 5.41) is 0. The molecule has 0 heterocycles. The van der Waals surface area contributed by atoms with Gasteiger partial charge in [0.2, 0.25) is 0 Å². The Morgan fingerprint density at radius 3 is 2.42 bits per heavy atom. The molecule has 1 unspecified atom stereocenters. The van der Waals surface area contributed by atoms with Crippen molar-refractivity contribution >= 4 is 27.9 Å². The van der Waals surface area contributed by atoms with E-state index in [1.165, 1.54) is 0 Å². The van der Waals surface area contributed by atoms with Gasteiger partial charge in [-0.2, -0.15) is 10.2 Å². The van der Waals surface area contributed by atoms with Crippen LogP contribution < -0.4 is 29.6 Å². The van der Waals surface area contributed by atoms with Gasteiger partial charge in [-0.05, 0) is 6.07 Å². The topological polar surface area (TPSA) is 23.1 Å². The third-order valence-corrected chi connectivity index (χ3v) is 2.59. The van der Waals surface area contributed by atoms with E-state index in [2.05, 4.69) is 18.2 Å². The second kappa shape index (κ2) is 6.13. The van der Waals surface area contributed by atoms with Crippen molar-refractivity contribution in [3.05, 3.63) is 36.4 Å². The van der Waals surface area contributed by atoms with Crippen molar-refractivity contribution < 1.29 is 34.1 Å². The zero-order chi connectivity index (χ0) is 8.27. The van der Waals surface area contributed by atoms with Crippen molar-refractivity contribution in [1.29, 1.82) is 0 Å². The van der Waals surface area contributed by atoms with Crippen LogP contribution in [0.2, 0.25) is 0 Å². The summed E-state index contributed by atoms with van der Waals surface area (Å²) in [5.74, 6) is 0. The molecule has 0 radical (unpaired) electrons. The molecule has 0 aliphatic heterocycles. The Hall–Kier alpha value is 0.620. The summed E-state index contributed by atoms with van der Waals surface area (Å²) >= 11 is 4.62. The molecule has 0 saturated carbocycles. The van der Waals surface area contributed by atoms with Crippen LogP contribution in [0.15, 0.2) is 35.7 Å². The average molecular weight is 206 g/mol. The molecule has 0 aromatic heterocycles. The first-order valence-electron chi connectivity index (χ1n) is 3.06. The van der Waals surface area contributed by atoms with Crippen LogP contribution in [0.25, 0.3) is 6.08 Å². The van der Waals surface area contributed by atoms with E-state index in [-0.39, 0.29) is 29.6 Å².